The number of benzene rings is 1. The van der Waals surface area contributed by atoms with E-state index in [1.807, 2.05) is 24.3 Å². The first-order valence-corrected chi connectivity index (χ1v) is 21.2. The number of hydrogen-bond donors (Lipinski definition) is 0. The molecule has 43 heavy (non-hydrogen) atoms. The molecule has 0 aliphatic heterocycles. The summed E-state index contributed by atoms with van der Waals surface area (Å²) >= 11 is 0. The second-order valence-corrected chi connectivity index (χ2v) is 24.0. The number of esters is 2. The van der Waals surface area contributed by atoms with Crippen molar-refractivity contribution in [3.8, 4) is 5.75 Å². The number of ether oxygens (including phenoxy) is 2. The van der Waals surface area contributed by atoms with E-state index >= 15 is 0 Å². The average Bonchev–Trinajstić information content (AvgIpc) is 2.86. The first-order valence-electron chi connectivity index (χ1n) is 15.4. The lowest BCUT2D eigenvalue weighted by atomic mass is 9.95. The van der Waals surface area contributed by atoms with Gasteiger partial charge in [0.1, 0.15) is 17.4 Å². The average molecular weight is 631 g/mol. The Bertz CT molecular complexity index is 1120. The van der Waals surface area contributed by atoms with Crippen molar-refractivity contribution >= 4 is 28.6 Å². The van der Waals surface area contributed by atoms with Crippen molar-refractivity contribution in [2.45, 2.75) is 123 Å². The molecule has 0 aliphatic carbocycles. The van der Waals surface area contributed by atoms with Gasteiger partial charge in [0.15, 0.2) is 8.32 Å². The first kappa shape index (κ1) is 38.6. The third-order valence-electron chi connectivity index (χ3n) is 8.90. The predicted octanol–water partition coefficient (Wildman–Crippen LogP) is 9.44. The van der Waals surface area contributed by atoms with Crippen LogP contribution in [0.4, 0.5) is 0 Å². The quantitative estimate of drug-likeness (QED) is 0.0784. The summed E-state index contributed by atoms with van der Waals surface area (Å²) in [5.41, 5.74) is 1.23. The summed E-state index contributed by atoms with van der Waals surface area (Å²) in [7, 11) is -3.08. The molecule has 0 heterocycles. The molecule has 1 rings (SSSR count). The Labute approximate surface area is 264 Å². The largest absolute Gasteiger partial charge is 0.543 e. The van der Waals surface area contributed by atoms with E-state index < -0.39 is 34.7 Å². The van der Waals surface area contributed by atoms with Gasteiger partial charge in [-0.1, -0.05) is 78.8 Å². The highest BCUT2D eigenvalue weighted by atomic mass is 28.4. The summed E-state index contributed by atoms with van der Waals surface area (Å²) in [6, 6.07) is 5.68. The number of rotatable bonds is 16. The van der Waals surface area contributed by atoms with Crippen LogP contribution < -0.4 is 4.43 Å². The van der Waals surface area contributed by atoms with Gasteiger partial charge in [-0.15, -0.1) is 13.2 Å². The highest BCUT2D eigenvalue weighted by Gasteiger charge is 2.42. The lowest BCUT2D eigenvalue weighted by molar-refractivity contribution is -0.134. The van der Waals surface area contributed by atoms with Crippen LogP contribution in [-0.4, -0.2) is 47.9 Å². The van der Waals surface area contributed by atoms with Gasteiger partial charge in [0.25, 0.3) is 8.32 Å². The van der Waals surface area contributed by atoms with Crippen molar-refractivity contribution in [3.05, 3.63) is 66.8 Å². The maximum Gasteiger partial charge on any atom is 0.342 e. The van der Waals surface area contributed by atoms with E-state index in [1.54, 1.807) is 12.2 Å². The van der Waals surface area contributed by atoms with Crippen LogP contribution in [0.3, 0.4) is 0 Å². The van der Waals surface area contributed by atoms with Crippen LogP contribution >= 0.6 is 0 Å². The molecule has 0 amide bonds. The molecule has 242 valence electrons. The van der Waals surface area contributed by atoms with E-state index in [0.29, 0.717) is 30.6 Å². The standard InChI is InChI=1S/C35H58O6Si2/c1-15-19-26(3)30(41-43(13,14)35(7,8)9)25-28(22-18-24-31(36)38-10)39-33(37)32-27(20-16-2)21-17-23-29(32)40-42(11,12)34(4,5)6/h15-18,21,23-24,26,28,30H,1-2,19-20,22,25H2,3-14H3/b24-18+/t26-,28-,30+/m0/s1. The van der Waals surface area contributed by atoms with Crippen LogP contribution in [0.25, 0.3) is 0 Å². The molecule has 3 atom stereocenters. The Morgan fingerprint density at radius 1 is 0.930 bits per heavy atom. The topological polar surface area (TPSA) is 71.1 Å². The van der Waals surface area contributed by atoms with Gasteiger partial charge in [0.2, 0.25) is 0 Å². The summed E-state index contributed by atoms with van der Waals surface area (Å²) in [6.45, 7) is 31.9. The van der Waals surface area contributed by atoms with Gasteiger partial charge < -0.3 is 18.3 Å². The summed E-state index contributed by atoms with van der Waals surface area (Å²) in [5.74, 6) is -0.220. The van der Waals surface area contributed by atoms with Gasteiger partial charge in [-0.05, 0) is 66.7 Å². The van der Waals surface area contributed by atoms with Crippen LogP contribution in [-0.2, 0) is 25.1 Å². The Kier molecular flexibility index (Phi) is 14.4. The highest BCUT2D eigenvalue weighted by molar-refractivity contribution is 6.75. The summed E-state index contributed by atoms with van der Waals surface area (Å²) in [6.07, 6.45) is 8.11. The Morgan fingerprint density at radius 2 is 1.53 bits per heavy atom. The van der Waals surface area contributed by atoms with Gasteiger partial charge in [-0.25, -0.2) is 9.59 Å². The van der Waals surface area contributed by atoms with E-state index in [-0.39, 0.29) is 22.1 Å². The second kappa shape index (κ2) is 16.0. The SMILES string of the molecule is C=CCc1cccc(O[Si](C)(C)C(C)(C)C)c1C(=O)O[C@@H](C/C=C/C(=O)OC)C[C@@H](O[Si](C)(C)C(C)(C)C)[C@@H](C)CC=C. The number of methoxy groups -OCH3 is 1. The first-order chi connectivity index (χ1) is 19.7. The van der Waals surface area contributed by atoms with Crippen LogP contribution in [0.2, 0.25) is 36.3 Å². The van der Waals surface area contributed by atoms with Gasteiger partial charge in [0, 0.05) is 18.9 Å². The van der Waals surface area contributed by atoms with Gasteiger partial charge >= 0.3 is 11.9 Å². The van der Waals surface area contributed by atoms with E-state index in [1.165, 1.54) is 13.2 Å². The molecule has 0 radical (unpaired) electrons. The van der Waals surface area contributed by atoms with Crippen molar-refractivity contribution < 1.29 is 27.9 Å². The van der Waals surface area contributed by atoms with Gasteiger partial charge in [-0.3, -0.25) is 0 Å². The van der Waals surface area contributed by atoms with Gasteiger partial charge in [-0.2, -0.15) is 0 Å². The van der Waals surface area contributed by atoms with Crippen LogP contribution in [0, 0.1) is 5.92 Å². The molecule has 1 aromatic rings. The molecule has 0 spiro atoms. The molecule has 1 aromatic carbocycles. The number of allylic oxidation sites excluding steroid dienone is 2. The molecule has 0 unspecified atom stereocenters. The lowest BCUT2D eigenvalue weighted by Gasteiger charge is -2.41. The molecule has 0 saturated heterocycles. The molecular weight excluding hydrogens is 573 g/mol. The highest BCUT2D eigenvalue weighted by Crippen LogP contribution is 2.41. The lowest BCUT2D eigenvalue weighted by Crippen LogP contribution is -2.46. The minimum atomic E-state index is -2.26. The molecule has 0 aromatic heterocycles. The fourth-order valence-electron chi connectivity index (χ4n) is 4.06. The monoisotopic (exact) mass is 630 g/mol. The van der Waals surface area contributed by atoms with Crippen LogP contribution in [0.1, 0.15) is 83.7 Å². The zero-order valence-electron chi connectivity index (χ0n) is 29.0. The molecular formula is C35H58O6Si2. The zero-order valence-corrected chi connectivity index (χ0v) is 31.0. The van der Waals surface area contributed by atoms with Crippen LogP contribution in [0.5, 0.6) is 5.75 Å². The molecule has 0 bridgehead atoms. The van der Waals surface area contributed by atoms with Crippen molar-refractivity contribution in [3.63, 3.8) is 0 Å². The molecule has 6 nitrogen and oxygen atoms in total. The van der Waals surface area contributed by atoms with E-state index in [2.05, 4.69) is 87.8 Å². The molecule has 8 heteroatoms. The third kappa shape index (κ3) is 11.5. The minimum Gasteiger partial charge on any atom is -0.543 e. The predicted molar refractivity (Wildman–Crippen MR) is 184 cm³/mol. The fourth-order valence-corrected chi connectivity index (χ4v) is 6.52. The molecule has 0 aliphatic rings. The Morgan fingerprint density at radius 3 is 2.05 bits per heavy atom. The van der Waals surface area contributed by atoms with E-state index in [4.69, 9.17) is 18.3 Å². The maximum atomic E-state index is 14.1. The second-order valence-electron chi connectivity index (χ2n) is 14.5. The van der Waals surface area contributed by atoms with Crippen molar-refractivity contribution in [2.75, 3.05) is 7.11 Å². The molecule has 0 saturated carbocycles. The zero-order chi connectivity index (χ0) is 33.2. The van der Waals surface area contributed by atoms with Crippen LogP contribution in [0.15, 0.2) is 55.7 Å². The summed E-state index contributed by atoms with van der Waals surface area (Å²) in [4.78, 5) is 26.0. The van der Waals surface area contributed by atoms with E-state index in [0.717, 1.165) is 12.0 Å². The van der Waals surface area contributed by atoms with Crippen molar-refractivity contribution in [1.29, 1.82) is 0 Å². The number of carbonyl (C=O) groups is 2. The Hall–Kier alpha value is -2.43. The molecule has 0 fully saturated rings. The van der Waals surface area contributed by atoms with Gasteiger partial charge in [0.05, 0.1) is 13.2 Å². The smallest absolute Gasteiger partial charge is 0.342 e. The Balaban J connectivity index is 3.58. The number of hydrogen-bond acceptors (Lipinski definition) is 6. The fraction of sp³-hybridized carbons (Fsp3) is 0.600. The van der Waals surface area contributed by atoms with Crippen molar-refractivity contribution in [2.24, 2.45) is 5.92 Å². The third-order valence-corrected chi connectivity index (χ3v) is 17.7. The normalized spacial score (nSPS) is 15.0. The summed E-state index contributed by atoms with van der Waals surface area (Å²) < 4.78 is 24.7. The summed E-state index contributed by atoms with van der Waals surface area (Å²) in [5, 5.41) is -0.0465. The molecule has 0 N–H and O–H groups in total. The van der Waals surface area contributed by atoms with Crippen molar-refractivity contribution in [1.82, 2.24) is 0 Å². The van der Waals surface area contributed by atoms with E-state index in [9.17, 15) is 9.59 Å². The number of carbonyl (C=O) groups excluding carboxylic acids is 2. The maximum absolute atomic E-state index is 14.1. The minimum absolute atomic E-state index is 0.00965.